The Labute approximate surface area is 101 Å². The molecule has 1 unspecified atom stereocenters. The van der Waals surface area contributed by atoms with E-state index in [2.05, 4.69) is 26.8 Å². The number of hydrogen-bond acceptors (Lipinski definition) is 1. The lowest BCUT2D eigenvalue weighted by Gasteiger charge is -2.22. The molecule has 1 N–H and O–H groups in total. The molecule has 1 rings (SSSR count). The zero-order valence-electron chi connectivity index (χ0n) is 11.6. The van der Waals surface area contributed by atoms with Gasteiger partial charge in [-0.25, -0.2) is 0 Å². The van der Waals surface area contributed by atoms with Gasteiger partial charge in [-0.15, -0.1) is 0 Å². The molecule has 0 aromatic rings. The highest BCUT2D eigenvalue weighted by Crippen LogP contribution is 2.29. The summed E-state index contributed by atoms with van der Waals surface area (Å²) >= 11 is 0. The second kappa shape index (κ2) is 8.43. The molecule has 1 atom stereocenters. The molecule has 94 valence electrons. The van der Waals surface area contributed by atoms with Crippen molar-refractivity contribution in [2.45, 2.75) is 60.3 Å². The third-order valence-electron chi connectivity index (χ3n) is 2.93. The van der Waals surface area contributed by atoms with Gasteiger partial charge >= 0.3 is 0 Å². The van der Waals surface area contributed by atoms with Crippen molar-refractivity contribution in [2.24, 2.45) is 11.8 Å². The van der Waals surface area contributed by atoms with Crippen molar-refractivity contribution in [3.8, 4) is 0 Å². The number of hydrogen-bond donors (Lipinski definition) is 1. The molecule has 0 aromatic heterocycles. The maximum Gasteiger partial charge on any atom is 0.0925 e. The highest BCUT2D eigenvalue weighted by molar-refractivity contribution is 5.22. The van der Waals surface area contributed by atoms with Crippen molar-refractivity contribution in [1.29, 1.82) is 0 Å². The molecule has 0 aromatic carbocycles. The highest BCUT2D eigenvalue weighted by atomic mass is 16.3. The first-order chi connectivity index (χ1) is 7.63. The zero-order chi connectivity index (χ0) is 12.6. The van der Waals surface area contributed by atoms with E-state index in [1.54, 1.807) is 0 Å². The van der Waals surface area contributed by atoms with E-state index in [9.17, 15) is 5.11 Å². The summed E-state index contributed by atoms with van der Waals surface area (Å²) < 4.78 is 0. The molecule has 0 saturated carbocycles. The highest BCUT2D eigenvalue weighted by Gasteiger charge is 2.15. The number of allylic oxidation sites excluding steroid dienone is 4. The Morgan fingerprint density at radius 3 is 2.19 bits per heavy atom. The Morgan fingerprint density at radius 1 is 1.19 bits per heavy atom. The Kier molecular flexibility index (Phi) is 8.05. The molecule has 1 aliphatic rings. The molecule has 0 spiro atoms. The predicted octanol–water partition coefficient (Wildman–Crippen LogP) is 5.25. The van der Waals surface area contributed by atoms with E-state index < -0.39 is 0 Å². The van der Waals surface area contributed by atoms with E-state index in [4.69, 9.17) is 0 Å². The fourth-order valence-corrected chi connectivity index (χ4v) is 2.13. The summed E-state index contributed by atoms with van der Waals surface area (Å²) in [5, 5.41) is 9.28. The molecule has 0 bridgehead atoms. The summed E-state index contributed by atoms with van der Waals surface area (Å²) in [4.78, 5) is 0. The van der Waals surface area contributed by atoms with Crippen molar-refractivity contribution < 1.29 is 5.11 Å². The minimum atomic E-state index is 0.535. The largest absolute Gasteiger partial charge is 0.512 e. The minimum Gasteiger partial charge on any atom is -0.512 e. The molecule has 0 radical (unpaired) electrons. The molecule has 0 amide bonds. The zero-order valence-corrected chi connectivity index (χ0v) is 11.6. The van der Waals surface area contributed by atoms with Crippen LogP contribution in [-0.2, 0) is 0 Å². The third kappa shape index (κ3) is 5.39. The number of aliphatic hydroxyl groups excluding tert-OH is 1. The minimum absolute atomic E-state index is 0.535. The van der Waals surface area contributed by atoms with E-state index in [1.165, 1.54) is 18.4 Å². The van der Waals surface area contributed by atoms with Gasteiger partial charge in [-0.1, -0.05) is 46.3 Å². The smallest absolute Gasteiger partial charge is 0.0925 e. The van der Waals surface area contributed by atoms with Gasteiger partial charge in [-0.3, -0.25) is 0 Å². The van der Waals surface area contributed by atoms with Gasteiger partial charge in [0, 0.05) is 6.42 Å². The fourth-order valence-electron chi connectivity index (χ4n) is 2.13. The van der Waals surface area contributed by atoms with Gasteiger partial charge in [0.1, 0.15) is 0 Å². The maximum atomic E-state index is 9.28. The quantitative estimate of drug-likeness (QED) is 0.691. The molecule has 0 aliphatic heterocycles. The molecule has 0 saturated heterocycles. The lowest BCUT2D eigenvalue weighted by Crippen LogP contribution is -2.09. The van der Waals surface area contributed by atoms with Gasteiger partial charge < -0.3 is 5.11 Å². The Balaban J connectivity index is 0.00000106. The molecule has 0 heterocycles. The first-order valence-electron chi connectivity index (χ1n) is 6.72. The van der Waals surface area contributed by atoms with Crippen molar-refractivity contribution in [1.82, 2.24) is 0 Å². The van der Waals surface area contributed by atoms with Gasteiger partial charge in [0.05, 0.1) is 5.76 Å². The summed E-state index contributed by atoms with van der Waals surface area (Å²) in [5.74, 6) is 2.02. The average molecular weight is 224 g/mol. The van der Waals surface area contributed by atoms with E-state index in [1.807, 2.05) is 19.9 Å². The van der Waals surface area contributed by atoms with E-state index in [0.29, 0.717) is 5.76 Å². The fraction of sp³-hybridized carbons (Fsp3) is 0.733. The van der Waals surface area contributed by atoms with Gasteiger partial charge in [0.25, 0.3) is 0 Å². The van der Waals surface area contributed by atoms with Crippen LogP contribution in [0.3, 0.4) is 0 Å². The first-order valence-corrected chi connectivity index (χ1v) is 6.72. The normalized spacial score (nSPS) is 17.1. The van der Waals surface area contributed by atoms with Gasteiger partial charge in [-0.05, 0) is 37.2 Å². The molecule has 1 aliphatic carbocycles. The SMILES string of the molecule is CC.CCC(CC(C)C)C1=CC=C(O)CC1. The molecule has 1 heteroatoms. The second-order valence-electron chi connectivity index (χ2n) is 4.63. The summed E-state index contributed by atoms with van der Waals surface area (Å²) in [5.41, 5.74) is 1.53. The van der Waals surface area contributed by atoms with Crippen LogP contribution in [0.4, 0.5) is 0 Å². The predicted molar refractivity (Wildman–Crippen MR) is 72.6 cm³/mol. The summed E-state index contributed by atoms with van der Waals surface area (Å²) in [6.45, 7) is 10.8. The second-order valence-corrected chi connectivity index (χ2v) is 4.63. The maximum absolute atomic E-state index is 9.28. The van der Waals surface area contributed by atoms with Crippen LogP contribution in [0.15, 0.2) is 23.5 Å². The van der Waals surface area contributed by atoms with E-state index >= 15 is 0 Å². The molecular weight excluding hydrogens is 196 g/mol. The van der Waals surface area contributed by atoms with Crippen LogP contribution in [0.25, 0.3) is 0 Å². The van der Waals surface area contributed by atoms with E-state index in [-0.39, 0.29) is 0 Å². The average Bonchev–Trinajstić information content (AvgIpc) is 2.29. The van der Waals surface area contributed by atoms with Crippen LogP contribution in [0.5, 0.6) is 0 Å². The van der Waals surface area contributed by atoms with E-state index in [0.717, 1.165) is 24.7 Å². The monoisotopic (exact) mass is 224 g/mol. The summed E-state index contributed by atoms with van der Waals surface area (Å²) in [6.07, 6.45) is 8.36. The van der Waals surface area contributed by atoms with Crippen molar-refractivity contribution in [3.63, 3.8) is 0 Å². The van der Waals surface area contributed by atoms with Crippen LogP contribution in [0, 0.1) is 11.8 Å². The third-order valence-corrected chi connectivity index (χ3v) is 2.93. The van der Waals surface area contributed by atoms with Crippen LogP contribution in [-0.4, -0.2) is 5.11 Å². The van der Waals surface area contributed by atoms with Gasteiger partial charge in [-0.2, -0.15) is 0 Å². The van der Waals surface area contributed by atoms with Crippen molar-refractivity contribution in [2.75, 3.05) is 0 Å². The van der Waals surface area contributed by atoms with Crippen LogP contribution in [0.2, 0.25) is 0 Å². The van der Waals surface area contributed by atoms with Crippen LogP contribution < -0.4 is 0 Å². The Bertz CT molecular complexity index is 236. The Hall–Kier alpha value is -0.720. The molecular formula is C15H28O. The van der Waals surface area contributed by atoms with Crippen LogP contribution >= 0.6 is 0 Å². The topological polar surface area (TPSA) is 20.2 Å². The van der Waals surface area contributed by atoms with Crippen molar-refractivity contribution in [3.05, 3.63) is 23.5 Å². The van der Waals surface area contributed by atoms with Gasteiger partial charge in [0.15, 0.2) is 0 Å². The standard InChI is InChI=1S/C13H22O.C2H6/c1-4-11(9-10(2)3)12-5-7-13(14)8-6-12;1-2/h5,7,10-11,14H,4,6,8-9H2,1-3H3;1-2H3. The number of aliphatic hydroxyl groups is 1. The Morgan fingerprint density at radius 2 is 1.81 bits per heavy atom. The molecule has 16 heavy (non-hydrogen) atoms. The lowest BCUT2D eigenvalue weighted by molar-refractivity contribution is 0.374. The molecule has 0 fully saturated rings. The lowest BCUT2D eigenvalue weighted by atomic mass is 9.84. The summed E-state index contributed by atoms with van der Waals surface area (Å²) in [6, 6.07) is 0. The molecule has 1 nitrogen and oxygen atoms in total. The first kappa shape index (κ1) is 15.3. The van der Waals surface area contributed by atoms with Gasteiger partial charge in [0.2, 0.25) is 0 Å². The van der Waals surface area contributed by atoms with Crippen LogP contribution in [0.1, 0.15) is 60.3 Å². The number of rotatable bonds is 4. The summed E-state index contributed by atoms with van der Waals surface area (Å²) in [7, 11) is 0. The van der Waals surface area contributed by atoms with Crippen molar-refractivity contribution >= 4 is 0 Å².